The molecule has 0 fully saturated rings. The molecule has 0 amide bonds. The van der Waals surface area contributed by atoms with E-state index in [-0.39, 0.29) is 25.2 Å². The number of nitrogens with two attached hydrogens (primary N) is 1. The van der Waals surface area contributed by atoms with Crippen LogP contribution in [0.2, 0.25) is 0 Å². The van der Waals surface area contributed by atoms with Gasteiger partial charge in [0, 0.05) is 26.0 Å². The van der Waals surface area contributed by atoms with Gasteiger partial charge in [-0.25, -0.2) is 0 Å². The van der Waals surface area contributed by atoms with E-state index in [4.69, 9.17) is 10.8 Å². The van der Waals surface area contributed by atoms with Crippen LogP contribution in [0.25, 0.3) is 0 Å². The van der Waals surface area contributed by atoms with Gasteiger partial charge in [0.15, 0.2) is 0 Å². The van der Waals surface area contributed by atoms with Crippen LogP contribution in [0, 0.1) is 0 Å². The molecule has 0 saturated heterocycles. The standard InChI is InChI=1S/C7H9NO.Ru/c8-5-6-1-3-7(9)4-2-6;/h1-4,9H,5,8H2;. The summed E-state index contributed by atoms with van der Waals surface area (Å²) in [6.07, 6.45) is 0. The van der Waals surface area contributed by atoms with Gasteiger partial charge in [-0.3, -0.25) is 0 Å². The van der Waals surface area contributed by atoms with Crippen molar-refractivity contribution in [3.05, 3.63) is 29.8 Å². The summed E-state index contributed by atoms with van der Waals surface area (Å²) in [5, 5.41) is 8.81. The Balaban J connectivity index is 0.000000810. The SMILES string of the molecule is NCc1ccc(O)cc1.[Ru]. The molecule has 1 aromatic rings. The molecule has 0 spiro atoms. The van der Waals surface area contributed by atoms with E-state index in [1.165, 1.54) is 0 Å². The van der Waals surface area contributed by atoms with Crippen LogP contribution in [-0.4, -0.2) is 5.11 Å². The number of hydrogen-bond donors (Lipinski definition) is 2. The molecule has 0 heterocycles. The molecular formula is C7H9NORu. The monoisotopic (exact) mass is 225 g/mol. The van der Waals surface area contributed by atoms with E-state index >= 15 is 0 Å². The zero-order valence-corrected chi connectivity index (χ0v) is 7.13. The van der Waals surface area contributed by atoms with Gasteiger partial charge in [-0.15, -0.1) is 0 Å². The third-order valence-corrected chi connectivity index (χ3v) is 1.17. The zero-order valence-electron chi connectivity index (χ0n) is 5.39. The minimum Gasteiger partial charge on any atom is -0.508 e. The molecule has 0 bridgehead atoms. The number of phenols is 1. The average Bonchev–Trinajstić information content (AvgIpc) is 1.90. The molecule has 10 heavy (non-hydrogen) atoms. The van der Waals surface area contributed by atoms with Crippen LogP contribution in [0.4, 0.5) is 0 Å². The third-order valence-electron chi connectivity index (χ3n) is 1.17. The van der Waals surface area contributed by atoms with Crippen LogP contribution in [0.5, 0.6) is 5.75 Å². The van der Waals surface area contributed by atoms with Crippen molar-refractivity contribution in [2.24, 2.45) is 5.73 Å². The minimum absolute atomic E-state index is 0. The second-order valence-corrected chi connectivity index (χ2v) is 1.87. The maximum atomic E-state index is 8.81. The summed E-state index contributed by atoms with van der Waals surface area (Å²) in [5.41, 5.74) is 6.35. The Morgan fingerprint density at radius 2 is 1.70 bits per heavy atom. The van der Waals surface area contributed by atoms with Crippen LogP contribution in [-0.2, 0) is 26.0 Å². The first kappa shape index (κ1) is 9.60. The van der Waals surface area contributed by atoms with Gasteiger partial charge in [-0.05, 0) is 17.7 Å². The fourth-order valence-corrected chi connectivity index (χ4v) is 0.632. The third kappa shape index (κ3) is 2.46. The second kappa shape index (κ2) is 4.42. The molecule has 0 aliphatic heterocycles. The molecule has 3 heteroatoms. The molecule has 2 nitrogen and oxygen atoms in total. The van der Waals surface area contributed by atoms with Crippen LogP contribution < -0.4 is 5.73 Å². The predicted molar refractivity (Wildman–Crippen MR) is 36.0 cm³/mol. The molecular weight excluding hydrogens is 215 g/mol. The molecule has 0 atom stereocenters. The summed E-state index contributed by atoms with van der Waals surface area (Å²) < 4.78 is 0. The molecule has 1 aromatic carbocycles. The molecule has 0 unspecified atom stereocenters. The van der Waals surface area contributed by atoms with Gasteiger partial charge in [-0.2, -0.15) is 0 Å². The Kier molecular flexibility index (Phi) is 4.25. The molecule has 0 aliphatic carbocycles. The smallest absolute Gasteiger partial charge is 0.115 e. The Morgan fingerprint density at radius 1 is 1.20 bits per heavy atom. The van der Waals surface area contributed by atoms with Crippen molar-refractivity contribution in [1.82, 2.24) is 0 Å². The van der Waals surface area contributed by atoms with E-state index < -0.39 is 0 Å². The molecule has 1 rings (SSSR count). The van der Waals surface area contributed by atoms with Crippen molar-refractivity contribution in [2.45, 2.75) is 6.54 Å². The van der Waals surface area contributed by atoms with E-state index in [9.17, 15) is 0 Å². The van der Waals surface area contributed by atoms with Gasteiger partial charge in [0.05, 0.1) is 0 Å². The Hall–Kier alpha value is -0.397. The Labute approximate surface area is 72.8 Å². The van der Waals surface area contributed by atoms with Crippen LogP contribution in [0.3, 0.4) is 0 Å². The summed E-state index contributed by atoms with van der Waals surface area (Å²) in [6, 6.07) is 6.86. The summed E-state index contributed by atoms with van der Waals surface area (Å²) in [4.78, 5) is 0. The summed E-state index contributed by atoms with van der Waals surface area (Å²) in [7, 11) is 0. The normalized spacial score (nSPS) is 8.50. The average molecular weight is 224 g/mol. The first-order valence-corrected chi connectivity index (χ1v) is 2.81. The van der Waals surface area contributed by atoms with Crippen molar-refractivity contribution in [1.29, 1.82) is 0 Å². The number of rotatable bonds is 1. The van der Waals surface area contributed by atoms with Gasteiger partial charge >= 0.3 is 0 Å². The van der Waals surface area contributed by atoms with Gasteiger partial charge in [0.25, 0.3) is 0 Å². The van der Waals surface area contributed by atoms with Crippen LogP contribution in [0.1, 0.15) is 5.56 Å². The van der Waals surface area contributed by atoms with E-state index in [2.05, 4.69) is 0 Å². The van der Waals surface area contributed by atoms with Crippen molar-refractivity contribution >= 4 is 0 Å². The topological polar surface area (TPSA) is 46.2 Å². The molecule has 0 aliphatic rings. The minimum atomic E-state index is 0. The second-order valence-electron chi connectivity index (χ2n) is 1.87. The first-order chi connectivity index (χ1) is 4.33. The fraction of sp³-hybridized carbons (Fsp3) is 0.143. The molecule has 0 radical (unpaired) electrons. The van der Waals surface area contributed by atoms with Crippen molar-refractivity contribution in [3.63, 3.8) is 0 Å². The van der Waals surface area contributed by atoms with Crippen LogP contribution in [0.15, 0.2) is 24.3 Å². The number of phenolic OH excluding ortho intramolecular Hbond substituents is 1. The van der Waals surface area contributed by atoms with Crippen molar-refractivity contribution in [3.8, 4) is 5.75 Å². The largest absolute Gasteiger partial charge is 0.508 e. The summed E-state index contributed by atoms with van der Waals surface area (Å²) in [5.74, 6) is 0.284. The number of aromatic hydroxyl groups is 1. The fourth-order valence-electron chi connectivity index (χ4n) is 0.632. The molecule has 0 aromatic heterocycles. The van der Waals surface area contributed by atoms with Gasteiger partial charge in [-0.1, -0.05) is 12.1 Å². The quantitative estimate of drug-likeness (QED) is 0.695. The predicted octanol–water partition coefficient (Wildman–Crippen LogP) is 0.848. The summed E-state index contributed by atoms with van der Waals surface area (Å²) in [6.45, 7) is 0.528. The van der Waals surface area contributed by atoms with Crippen molar-refractivity contribution < 1.29 is 24.6 Å². The van der Waals surface area contributed by atoms with E-state index in [1.807, 2.05) is 0 Å². The van der Waals surface area contributed by atoms with Gasteiger partial charge < -0.3 is 10.8 Å². The maximum absolute atomic E-state index is 8.81. The van der Waals surface area contributed by atoms with E-state index in [0.717, 1.165) is 5.56 Å². The molecule has 56 valence electrons. The molecule has 0 saturated carbocycles. The van der Waals surface area contributed by atoms with Gasteiger partial charge in [0.1, 0.15) is 5.75 Å². The Morgan fingerprint density at radius 3 is 2.10 bits per heavy atom. The first-order valence-electron chi connectivity index (χ1n) is 2.81. The summed E-state index contributed by atoms with van der Waals surface area (Å²) >= 11 is 0. The van der Waals surface area contributed by atoms with Crippen LogP contribution >= 0.6 is 0 Å². The zero-order chi connectivity index (χ0) is 6.69. The maximum Gasteiger partial charge on any atom is 0.115 e. The number of benzene rings is 1. The van der Waals surface area contributed by atoms with Gasteiger partial charge in [0.2, 0.25) is 0 Å². The molecule has 3 N–H and O–H groups in total. The van der Waals surface area contributed by atoms with E-state index in [1.54, 1.807) is 24.3 Å². The number of hydrogen-bond acceptors (Lipinski definition) is 2. The van der Waals surface area contributed by atoms with Crippen molar-refractivity contribution in [2.75, 3.05) is 0 Å². The Bertz CT molecular complexity index is 185. The van der Waals surface area contributed by atoms with E-state index in [0.29, 0.717) is 6.54 Å².